The van der Waals surface area contributed by atoms with Crippen molar-refractivity contribution in [1.82, 2.24) is 4.98 Å². The molecule has 144 valence electrons. The van der Waals surface area contributed by atoms with Crippen molar-refractivity contribution in [1.29, 1.82) is 0 Å². The van der Waals surface area contributed by atoms with Gasteiger partial charge in [-0.3, -0.25) is 5.32 Å². The van der Waals surface area contributed by atoms with Crippen LogP contribution in [0.1, 0.15) is 22.7 Å². The van der Waals surface area contributed by atoms with Gasteiger partial charge < -0.3 is 14.2 Å². The number of oxazole rings is 1. The van der Waals surface area contributed by atoms with E-state index in [0.29, 0.717) is 33.9 Å². The van der Waals surface area contributed by atoms with Crippen molar-refractivity contribution in [3.05, 3.63) is 87.7 Å². The van der Waals surface area contributed by atoms with Gasteiger partial charge in [0.2, 0.25) is 5.96 Å². The number of aliphatic imine (C=N–C) groups is 1. The summed E-state index contributed by atoms with van der Waals surface area (Å²) in [6, 6.07) is 12.8. The fourth-order valence-corrected chi connectivity index (χ4v) is 3.31. The molecule has 7 nitrogen and oxygen atoms in total. The van der Waals surface area contributed by atoms with E-state index in [4.69, 9.17) is 8.83 Å². The predicted octanol–water partition coefficient (Wildman–Crippen LogP) is 4.21. The highest BCUT2D eigenvalue weighted by Gasteiger charge is 2.29. The summed E-state index contributed by atoms with van der Waals surface area (Å²) in [7, 11) is 0. The second-order valence-corrected chi connectivity index (χ2v) is 6.66. The Morgan fingerprint density at radius 2 is 1.93 bits per heavy atom. The largest absolute Gasteiger partial charge is 0.431 e. The molecule has 0 unspecified atom stereocenters. The number of nitrogens with one attached hydrogen (secondary N) is 2. The number of aryl methyl sites for hydroxylation is 1. The minimum Gasteiger partial charge on any atom is -0.431 e. The summed E-state index contributed by atoms with van der Waals surface area (Å²) in [5, 5.41) is 6.14. The fraction of sp³-hybridized carbons (Fsp3) is 0.0952. The second-order valence-electron chi connectivity index (χ2n) is 6.66. The minimum atomic E-state index is -0.671. The number of nitrogens with zero attached hydrogens (tertiary/aromatic N) is 2. The van der Waals surface area contributed by atoms with Crippen molar-refractivity contribution in [3.63, 3.8) is 0 Å². The third kappa shape index (κ3) is 3.04. The standard InChI is InChI=1S/C21H15FN4O3/c1-11-10-28-19(27)16-17(11)24-20(25-18(16)12-6-8-13(22)9-7-12)26-21-23-14-4-2-3-5-15(14)29-21/h2-10,18H,1H3,(H2,23,24,25,26)/t18-/m0/s1. The molecule has 5 rings (SSSR count). The van der Waals surface area contributed by atoms with Crippen LogP contribution in [0, 0.1) is 12.7 Å². The lowest BCUT2D eigenvalue weighted by Gasteiger charge is -2.25. The Hall–Kier alpha value is -3.94. The monoisotopic (exact) mass is 390 g/mol. The molecule has 2 aromatic carbocycles. The molecule has 1 aliphatic rings. The van der Waals surface area contributed by atoms with E-state index in [-0.39, 0.29) is 11.8 Å². The maximum atomic E-state index is 13.4. The van der Waals surface area contributed by atoms with Gasteiger partial charge in [0, 0.05) is 5.56 Å². The lowest BCUT2D eigenvalue weighted by molar-refractivity contribution is 0.494. The molecule has 8 heteroatoms. The number of anilines is 2. The zero-order valence-electron chi connectivity index (χ0n) is 15.3. The number of para-hydroxylation sites is 2. The van der Waals surface area contributed by atoms with Crippen LogP contribution >= 0.6 is 0 Å². The highest BCUT2D eigenvalue weighted by Crippen LogP contribution is 2.34. The number of rotatable bonds is 2. The normalized spacial score (nSPS) is 15.5. The Labute approximate surface area is 163 Å². The van der Waals surface area contributed by atoms with E-state index in [1.807, 2.05) is 31.2 Å². The van der Waals surface area contributed by atoms with Gasteiger partial charge in [0.15, 0.2) is 5.58 Å². The smallest absolute Gasteiger partial charge is 0.343 e. The van der Waals surface area contributed by atoms with Crippen molar-refractivity contribution in [3.8, 4) is 0 Å². The quantitative estimate of drug-likeness (QED) is 0.533. The van der Waals surface area contributed by atoms with Crippen LogP contribution in [0.2, 0.25) is 0 Å². The molecule has 3 heterocycles. The van der Waals surface area contributed by atoms with Crippen LogP contribution in [0.3, 0.4) is 0 Å². The lowest BCUT2D eigenvalue weighted by atomic mass is 9.97. The molecule has 0 fully saturated rings. The number of fused-ring (bicyclic) bond motifs is 2. The predicted molar refractivity (Wildman–Crippen MR) is 107 cm³/mol. The number of hydrogen-bond donors (Lipinski definition) is 2. The summed E-state index contributed by atoms with van der Waals surface area (Å²) < 4.78 is 24.2. The SMILES string of the molecule is Cc1coc(=O)c2c1NC(Nc1nc3ccccc3o1)=N[C@H]2c1ccc(F)cc1. The van der Waals surface area contributed by atoms with Crippen molar-refractivity contribution >= 4 is 28.8 Å². The molecule has 1 atom stereocenters. The van der Waals surface area contributed by atoms with Crippen molar-refractivity contribution in [2.24, 2.45) is 4.99 Å². The molecule has 2 N–H and O–H groups in total. The fourth-order valence-electron chi connectivity index (χ4n) is 3.31. The molecule has 2 aromatic heterocycles. The van der Waals surface area contributed by atoms with Crippen molar-refractivity contribution < 1.29 is 13.2 Å². The zero-order chi connectivity index (χ0) is 20.0. The third-order valence-electron chi connectivity index (χ3n) is 4.71. The molecular weight excluding hydrogens is 375 g/mol. The van der Waals surface area contributed by atoms with E-state index >= 15 is 0 Å². The van der Waals surface area contributed by atoms with Gasteiger partial charge in [0.05, 0.1) is 17.5 Å². The molecule has 0 bridgehead atoms. The number of hydrogen-bond acceptors (Lipinski definition) is 7. The molecule has 0 saturated heterocycles. The number of halogens is 1. The van der Waals surface area contributed by atoms with E-state index in [0.717, 1.165) is 5.56 Å². The van der Waals surface area contributed by atoms with Gasteiger partial charge in [-0.25, -0.2) is 14.2 Å². The van der Waals surface area contributed by atoms with Crippen molar-refractivity contribution in [2.45, 2.75) is 13.0 Å². The highest BCUT2D eigenvalue weighted by atomic mass is 19.1. The molecule has 29 heavy (non-hydrogen) atoms. The highest BCUT2D eigenvalue weighted by molar-refractivity contribution is 6.05. The van der Waals surface area contributed by atoms with Crippen LogP contribution in [-0.2, 0) is 0 Å². The summed E-state index contributed by atoms with van der Waals surface area (Å²) in [6.07, 6.45) is 1.39. The number of aromatic nitrogens is 1. The number of guanidine groups is 1. The summed E-state index contributed by atoms with van der Waals surface area (Å²) in [6.45, 7) is 1.82. The van der Waals surface area contributed by atoms with Crippen LogP contribution in [0.15, 0.2) is 73.4 Å². The lowest BCUT2D eigenvalue weighted by Crippen LogP contribution is -2.31. The minimum absolute atomic E-state index is 0.263. The second kappa shape index (κ2) is 6.59. The molecule has 1 aliphatic heterocycles. The van der Waals surface area contributed by atoms with Gasteiger partial charge in [-0.1, -0.05) is 24.3 Å². The summed E-state index contributed by atoms with van der Waals surface area (Å²) in [5.74, 6) is -0.0138. The Bertz CT molecular complexity index is 1270. The Morgan fingerprint density at radius 1 is 1.14 bits per heavy atom. The molecule has 0 amide bonds. The summed E-state index contributed by atoms with van der Waals surface area (Å²) in [5.41, 5.74) is 3.18. The van der Waals surface area contributed by atoms with Gasteiger partial charge in [0.1, 0.15) is 17.4 Å². The van der Waals surface area contributed by atoms with Gasteiger partial charge in [-0.05, 0) is 36.8 Å². The van der Waals surface area contributed by atoms with E-state index in [1.54, 1.807) is 12.1 Å². The first-order chi connectivity index (χ1) is 14.1. The Balaban J connectivity index is 1.59. The molecule has 4 aromatic rings. The van der Waals surface area contributed by atoms with Gasteiger partial charge in [0.25, 0.3) is 0 Å². The van der Waals surface area contributed by atoms with E-state index < -0.39 is 11.7 Å². The summed E-state index contributed by atoms with van der Waals surface area (Å²) in [4.78, 5) is 21.4. The molecule has 0 saturated carbocycles. The first-order valence-corrected chi connectivity index (χ1v) is 8.93. The maximum absolute atomic E-state index is 13.4. The third-order valence-corrected chi connectivity index (χ3v) is 4.71. The Morgan fingerprint density at radius 3 is 2.72 bits per heavy atom. The Kier molecular flexibility index (Phi) is 3.90. The van der Waals surface area contributed by atoms with Crippen LogP contribution in [0.25, 0.3) is 11.1 Å². The van der Waals surface area contributed by atoms with Crippen LogP contribution in [-0.4, -0.2) is 10.9 Å². The zero-order valence-corrected chi connectivity index (χ0v) is 15.3. The van der Waals surface area contributed by atoms with E-state index in [9.17, 15) is 9.18 Å². The first-order valence-electron chi connectivity index (χ1n) is 8.93. The van der Waals surface area contributed by atoms with Gasteiger partial charge in [-0.15, -0.1) is 0 Å². The van der Waals surface area contributed by atoms with E-state index in [1.165, 1.54) is 18.4 Å². The topological polar surface area (TPSA) is 92.7 Å². The van der Waals surface area contributed by atoms with Crippen LogP contribution in [0.5, 0.6) is 0 Å². The molecular formula is C21H15FN4O3. The number of benzene rings is 2. The van der Waals surface area contributed by atoms with Crippen molar-refractivity contribution in [2.75, 3.05) is 10.6 Å². The van der Waals surface area contributed by atoms with E-state index in [2.05, 4.69) is 20.6 Å². The van der Waals surface area contributed by atoms with Gasteiger partial charge >= 0.3 is 11.6 Å². The molecule has 0 spiro atoms. The maximum Gasteiger partial charge on any atom is 0.343 e. The average molecular weight is 390 g/mol. The molecule has 0 aliphatic carbocycles. The van der Waals surface area contributed by atoms with Crippen LogP contribution < -0.4 is 16.3 Å². The summed E-state index contributed by atoms with van der Waals surface area (Å²) >= 11 is 0. The molecule has 0 radical (unpaired) electrons. The average Bonchev–Trinajstić information content (AvgIpc) is 3.13. The van der Waals surface area contributed by atoms with Gasteiger partial charge in [-0.2, -0.15) is 4.98 Å². The first kappa shape index (κ1) is 17.2. The van der Waals surface area contributed by atoms with Crippen LogP contribution in [0.4, 0.5) is 16.1 Å².